The molecule has 0 heterocycles. The van der Waals surface area contributed by atoms with Crippen LogP contribution in [-0.4, -0.2) is 29.2 Å². The molecule has 0 aromatic carbocycles. The zero-order chi connectivity index (χ0) is 10.7. The molecule has 0 spiro atoms. The average Bonchev–Trinajstić information content (AvgIpc) is 2.46. The summed E-state index contributed by atoms with van der Waals surface area (Å²) in [6.07, 6.45) is 2.90. The number of rotatable bonds is 4. The third-order valence-electron chi connectivity index (χ3n) is 2.82. The van der Waals surface area contributed by atoms with Gasteiger partial charge < -0.3 is 16.2 Å². The Hall–Kier alpha value is -0.610. The number of carbonyl (C=O) groups is 1. The van der Waals surface area contributed by atoms with Crippen molar-refractivity contribution in [2.75, 3.05) is 0 Å². The van der Waals surface area contributed by atoms with Crippen LogP contribution in [0.15, 0.2) is 0 Å². The number of carboxylic acids is 1. The van der Waals surface area contributed by atoms with Crippen LogP contribution in [0.3, 0.4) is 0 Å². The molecule has 0 amide bonds. The predicted molar refractivity (Wildman–Crippen MR) is 55.0 cm³/mol. The number of hydrogen-bond donors (Lipinski definition) is 3. The van der Waals surface area contributed by atoms with Gasteiger partial charge in [0.15, 0.2) is 0 Å². The van der Waals surface area contributed by atoms with Gasteiger partial charge in [0.1, 0.15) is 6.04 Å². The first-order chi connectivity index (χ1) is 6.50. The molecule has 82 valence electrons. The van der Waals surface area contributed by atoms with Crippen molar-refractivity contribution in [3.63, 3.8) is 0 Å². The summed E-state index contributed by atoms with van der Waals surface area (Å²) in [5, 5.41) is 12.1. The molecule has 1 saturated carbocycles. The number of nitrogens with one attached hydrogen (secondary N) is 1. The minimum atomic E-state index is -0.763. The molecule has 3 atom stereocenters. The van der Waals surface area contributed by atoms with Gasteiger partial charge in [-0.2, -0.15) is 0 Å². The fourth-order valence-electron chi connectivity index (χ4n) is 1.97. The molecular weight excluding hydrogens is 180 g/mol. The van der Waals surface area contributed by atoms with Gasteiger partial charge in [-0.15, -0.1) is 0 Å². The van der Waals surface area contributed by atoms with E-state index in [1.807, 2.05) is 13.8 Å². The summed E-state index contributed by atoms with van der Waals surface area (Å²) in [5.41, 5.74) is 5.77. The lowest BCUT2D eigenvalue weighted by molar-refractivity contribution is -0.140. The largest absolute Gasteiger partial charge is 0.480 e. The molecule has 0 aromatic heterocycles. The van der Waals surface area contributed by atoms with Crippen LogP contribution in [-0.2, 0) is 4.79 Å². The Bertz CT molecular complexity index is 206. The third-order valence-corrected chi connectivity index (χ3v) is 2.82. The number of carboxylic acid groups (broad SMARTS) is 1. The van der Waals surface area contributed by atoms with Gasteiger partial charge in [0.2, 0.25) is 0 Å². The Morgan fingerprint density at radius 3 is 2.50 bits per heavy atom. The summed E-state index contributed by atoms with van der Waals surface area (Å²) < 4.78 is 0. The lowest BCUT2D eigenvalue weighted by Crippen LogP contribution is -2.46. The van der Waals surface area contributed by atoms with Gasteiger partial charge in [0.25, 0.3) is 0 Å². The molecule has 1 fully saturated rings. The fraction of sp³-hybridized carbons (Fsp3) is 0.900. The van der Waals surface area contributed by atoms with E-state index < -0.39 is 12.0 Å². The van der Waals surface area contributed by atoms with E-state index in [0.717, 1.165) is 19.3 Å². The normalized spacial score (nSPS) is 29.4. The summed E-state index contributed by atoms with van der Waals surface area (Å²) in [6, 6.07) is 0.0907. The molecule has 0 radical (unpaired) electrons. The summed E-state index contributed by atoms with van der Waals surface area (Å²) in [4.78, 5) is 10.9. The van der Waals surface area contributed by atoms with Crippen molar-refractivity contribution < 1.29 is 9.90 Å². The molecule has 14 heavy (non-hydrogen) atoms. The first-order valence-corrected chi connectivity index (χ1v) is 5.25. The summed E-state index contributed by atoms with van der Waals surface area (Å²) in [7, 11) is 0. The molecular formula is C10H20N2O2. The highest BCUT2D eigenvalue weighted by molar-refractivity contribution is 5.73. The van der Waals surface area contributed by atoms with Crippen LogP contribution in [0.5, 0.6) is 0 Å². The molecule has 1 rings (SSSR count). The lowest BCUT2D eigenvalue weighted by Gasteiger charge is -2.22. The SMILES string of the molecule is CC(C)C(NC1CCC(N)C1)C(=O)O. The molecule has 4 nitrogen and oxygen atoms in total. The van der Waals surface area contributed by atoms with Gasteiger partial charge in [0.05, 0.1) is 0 Å². The maximum Gasteiger partial charge on any atom is 0.320 e. The number of aliphatic carboxylic acids is 1. The molecule has 4 heteroatoms. The van der Waals surface area contributed by atoms with E-state index in [1.54, 1.807) is 0 Å². The predicted octanol–water partition coefficient (Wildman–Crippen LogP) is 0.565. The summed E-state index contributed by atoms with van der Waals surface area (Å²) >= 11 is 0. The van der Waals surface area contributed by atoms with Gasteiger partial charge >= 0.3 is 5.97 Å². The Labute approximate surface area is 84.9 Å². The van der Waals surface area contributed by atoms with E-state index in [4.69, 9.17) is 10.8 Å². The van der Waals surface area contributed by atoms with Crippen molar-refractivity contribution in [1.82, 2.24) is 5.32 Å². The topological polar surface area (TPSA) is 75.3 Å². The second kappa shape index (κ2) is 4.75. The third kappa shape index (κ3) is 2.96. The molecule has 0 saturated heterocycles. The van der Waals surface area contributed by atoms with Gasteiger partial charge in [0, 0.05) is 12.1 Å². The van der Waals surface area contributed by atoms with Crippen LogP contribution in [0.2, 0.25) is 0 Å². The molecule has 1 aliphatic carbocycles. The summed E-state index contributed by atoms with van der Waals surface area (Å²) in [6.45, 7) is 3.83. The van der Waals surface area contributed by atoms with Crippen LogP contribution in [0.25, 0.3) is 0 Å². The average molecular weight is 200 g/mol. The van der Waals surface area contributed by atoms with Crippen LogP contribution < -0.4 is 11.1 Å². The maximum absolute atomic E-state index is 10.9. The maximum atomic E-state index is 10.9. The standard InChI is InChI=1S/C10H20N2O2/c1-6(2)9(10(13)14)12-8-4-3-7(11)5-8/h6-9,12H,3-5,11H2,1-2H3,(H,13,14). The molecule has 0 aromatic rings. The van der Waals surface area contributed by atoms with Crippen molar-refractivity contribution in [2.45, 2.75) is 51.2 Å². The van der Waals surface area contributed by atoms with Crippen LogP contribution in [0.4, 0.5) is 0 Å². The van der Waals surface area contributed by atoms with E-state index >= 15 is 0 Å². The Kier molecular flexibility index (Phi) is 3.89. The van der Waals surface area contributed by atoms with Crippen LogP contribution >= 0.6 is 0 Å². The van der Waals surface area contributed by atoms with E-state index in [2.05, 4.69) is 5.32 Å². The number of nitrogens with two attached hydrogens (primary N) is 1. The highest BCUT2D eigenvalue weighted by atomic mass is 16.4. The number of hydrogen-bond acceptors (Lipinski definition) is 3. The van der Waals surface area contributed by atoms with E-state index in [0.29, 0.717) is 0 Å². The van der Waals surface area contributed by atoms with E-state index in [9.17, 15) is 4.79 Å². The van der Waals surface area contributed by atoms with Gasteiger partial charge in [-0.05, 0) is 25.2 Å². The van der Waals surface area contributed by atoms with Crippen molar-refractivity contribution in [2.24, 2.45) is 11.7 Å². The minimum Gasteiger partial charge on any atom is -0.480 e. The lowest BCUT2D eigenvalue weighted by atomic mass is 10.0. The molecule has 0 bridgehead atoms. The van der Waals surface area contributed by atoms with E-state index in [1.165, 1.54) is 0 Å². The van der Waals surface area contributed by atoms with Crippen molar-refractivity contribution in [3.8, 4) is 0 Å². The van der Waals surface area contributed by atoms with Crippen LogP contribution in [0, 0.1) is 5.92 Å². The Balaban J connectivity index is 2.44. The highest BCUT2D eigenvalue weighted by Crippen LogP contribution is 2.18. The van der Waals surface area contributed by atoms with Crippen molar-refractivity contribution in [3.05, 3.63) is 0 Å². The first-order valence-electron chi connectivity index (χ1n) is 5.25. The van der Waals surface area contributed by atoms with Gasteiger partial charge in [-0.1, -0.05) is 13.8 Å². The van der Waals surface area contributed by atoms with Gasteiger partial charge in [-0.3, -0.25) is 4.79 Å². The molecule has 0 aliphatic heterocycles. The van der Waals surface area contributed by atoms with E-state index in [-0.39, 0.29) is 18.0 Å². The molecule has 1 aliphatic rings. The molecule has 4 N–H and O–H groups in total. The fourth-order valence-corrected chi connectivity index (χ4v) is 1.97. The second-order valence-electron chi connectivity index (χ2n) is 4.50. The van der Waals surface area contributed by atoms with Crippen LogP contribution in [0.1, 0.15) is 33.1 Å². The first kappa shape index (κ1) is 11.5. The summed E-state index contributed by atoms with van der Waals surface area (Å²) in [5.74, 6) is -0.648. The monoisotopic (exact) mass is 200 g/mol. The van der Waals surface area contributed by atoms with Crippen molar-refractivity contribution in [1.29, 1.82) is 0 Å². The Morgan fingerprint density at radius 1 is 1.50 bits per heavy atom. The Morgan fingerprint density at radius 2 is 2.14 bits per heavy atom. The minimum absolute atomic E-state index is 0.115. The molecule has 3 unspecified atom stereocenters. The quantitative estimate of drug-likeness (QED) is 0.620. The second-order valence-corrected chi connectivity index (χ2v) is 4.50. The van der Waals surface area contributed by atoms with Crippen molar-refractivity contribution >= 4 is 5.97 Å². The highest BCUT2D eigenvalue weighted by Gasteiger charge is 2.28. The zero-order valence-electron chi connectivity index (χ0n) is 8.86. The smallest absolute Gasteiger partial charge is 0.320 e. The van der Waals surface area contributed by atoms with Gasteiger partial charge in [-0.25, -0.2) is 0 Å². The zero-order valence-corrected chi connectivity index (χ0v) is 8.86.